The van der Waals surface area contributed by atoms with Gasteiger partial charge in [-0.25, -0.2) is 8.78 Å². The van der Waals surface area contributed by atoms with Crippen molar-refractivity contribution in [2.24, 2.45) is 0 Å². The van der Waals surface area contributed by atoms with Crippen molar-refractivity contribution in [1.29, 1.82) is 0 Å². The van der Waals surface area contributed by atoms with E-state index in [-0.39, 0.29) is 6.04 Å². The highest BCUT2D eigenvalue weighted by Crippen LogP contribution is 2.35. The van der Waals surface area contributed by atoms with E-state index in [0.717, 1.165) is 25.3 Å². The van der Waals surface area contributed by atoms with Crippen LogP contribution in [0.5, 0.6) is 0 Å². The van der Waals surface area contributed by atoms with Crippen molar-refractivity contribution in [1.82, 2.24) is 0 Å². The van der Waals surface area contributed by atoms with Crippen molar-refractivity contribution >= 4 is 21.6 Å². The van der Waals surface area contributed by atoms with Crippen molar-refractivity contribution in [2.75, 3.05) is 5.32 Å². The number of anilines is 1. The second-order valence-corrected chi connectivity index (χ2v) is 5.89. The first kappa shape index (κ1) is 13.6. The van der Waals surface area contributed by atoms with E-state index >= 15 is 0 Å². The van der Waals surface area contributed by atoms with Gasteiger partial charge in [-0.05, 0) is 52.4 Å². The molecule has 0 heterocycles. The van der Waals surface area contributed by atoms with E-state index in [0.29, 0.717) is 10.2 Å². The van der Waals surface area contributed by atoms with Crippen LogP contribution in [-0.4, -0.2) is 0 Å². The zero-order chi connectivity index (χ0) is 14.1. The van der Waals surface area contributed by atoms with E-state index in [1.54, 1.807) is 0 Å². The highest BCUT2D eigenvalue weighted by molar-refractivity contribution is 9.10. The Bertz CT molecular complexity index is 619. The zero-order valence-corrected chi connectivity index (χ0v) is 12.4. The summed E-state index contributed by atoms with van der Waals surface area (Å²) in [6.07, 6.45) is 3.07. The normalized spacial score (nSPS) is 17.6. The van der Waals surface area contributed by atoms with Gasteiger partial charge in [-0.1, -0.05) is 24.3 Å². The quantitative estimate of drug-likeness (QED) is 0.792. The van der Waals surface area contributed by atoms with Gasteiger partial charge in [-0.2, -0.15) is 0 Å². The number of nitrogens with one attached hydrogen (secondary N) is 1. The van der Waals surface area contributed by atoms with Gasteiger partial charge in [-0.3, -0.25) is 0 Å². The predicted octanol–water partition coefficient (Wildman–Crippen LogP) is 5.22. The molecule has 20 heavy (non-hydrogen) atoms. The molecule has 1 nitrogen and oxygen atoms in total. The Morgan fingerprint density at radius 3 is 2.75 bits per heavy atom. The van der Waals surface area contributed by atoms with Gasteiger partial charge in [0.05, 0.1) is 11.7 Å². The molecule has 0 radical (unpaired) electrons. The standard InChI is InChI=1S/C16H14BrF2N/c17-13-8-11(18)9-14(19)16(13)20-15-7-3-5-10-4-1-2-6-12(10)15/h1-2,4,6,8-9,15,20H,3,5,7H2. The molecular formula is C16H14BrF2N. The molecule has 1 N–H and O–H groups in total. The van der Waals surface area contributed by atoms with Gasteiger partial charge in [0.25, 0.3) is 0 Å². The fourth-order valence-electron chi connectivity index (χ4n) is 2.76. The number of fused-ring (bicyclic) bond motifs is 1. The number of halogens is 3. The van der Waals surface area contributed by atoms with Gasteiger partial charge in [0.15, 0.2) is 0 Å². The van der Waals surface area contributed by atoms with Crippen molar-refractivity contribution in [3.8, 4) is 0 Å². The SMILES string of the molecule is Fc1cc(F)c(NC2CCCc3ccccc32)c(Br)c1. The summed E-state index contributed by atoms with van der Waals surface area (Å²) in [5.74, 6) is -1.15. The van der Waals surface area contributed by atoms with Crippen LogP contribution in [0.4, 0.5) is 14.5 Å². The average molecular weight is 338 g/mol. The van der Waals surface area contributed by atoms with Gasteiger partial charge >= 0.3 is 0 Å². The molecule has 2 aromatic carbocycles. The van der Waals surface area contributed by atoms with E-state index in [1.807, 2.05) is 12.1 Å². The number of benzene rings is 2. The molecule has 104 valence electrons. The number of hydrogen-bond donors (Lipinski definition) is 1. The molecule has 2 aromatic rings. The van der Waals surface area contributed by atoms with Crippen LogP contribution in [0.2, 0.25) is 0 Å². The molecule has 0 saturated carbocycles. The van der Waals surface area contributed by atoms with Gasteiger partial charge in [0.1, 0.15) is 11.6 Å². The Hall–Kier alpha value is -1.42. The van der Waals surface area contributed by atoms with Gasteiger partial charge in [-0.15, -0.1) is 0 Å². The predicted molar refractivity (Wildman–Crippen MR) is 79.8 cm³/mol. The summed E-state index contributed by atoms with van der Waals surface area (Å²) in [4.78, 5) is 0. The van der Waals surface area contributed by atoms with Crippen molar-refractivity contribution in [2.45, 2.75) is 25.3 Å². The lowest BCUT2D eigenvalue weighted by atomic mass is 9.87. The van der Waals surface area contributed by atoms with E-state index in [2.05, 4.69) is 33.4 Å². The molecule has 0 aromatic heterocycles. The van der Waals surface area contributed by atoms with E-state index < -0.39 is 11.6 Å². The summed E-state index contributed by atoms with van der Waals surface area (Å²) in [5.41, 5.74) is 2.83. The lowest BCUT2D eigenvalue weighted by Gasteiger charge is -2.27. The molecule has 1 aliphatic carbocycles. The smallest absolute Gasteiger partial charge is 0.150 e. The molecule has 1 unspecified atom stereocenters. The summed E-state index contributed by atoms with van der Waals surface area (Å²) in [6.45, 7) is 0. The molecule has 0 aliphatic heterocycles. The second kappa shape index (κ2) is 5.52. The van der Waals surface area contributed by atoms with Crippen LogP contribution >= 0.6 is 15.9 Å². The summed E-state index contributed by atoms with van der Waals surface area (Å²) < 4.78 is 27.5. The average Bonchev–Trinajstić information content (AvgIpc) is 2.43. The lowest BCUT2D eigenvalue weighted by Crippen LogP contribution is -2.18. The summed E-state index contributed by atoms with van der Waals surface area (Å²) in [6, 6.07) is 10.4. The van der Waals surface area contributed by atoms with E-state index in [4.69, 9.17) is 0 Å². The van der Waals surface area contributed by atoms with Crippen molar-refractivity contribution in [3.63, 3.8) is 0 Å². The topological polar surface area (TPSA) is 12.0 Å². The third-order valence-corrected chi connectivity index (χ3v) is 4.32. The first-order chi connectivity index (χ1) is 9.65. The van der Waals surface area contributed by atoms with Crippen LogP contribution < -0.4 is 5.32 Å². The van der Waals surface area contributed by atoms with Crippen LogP contribution in [0.3, 0.4) is 0 Å². The Kier molecular flexibility index (Phi) is 3.74. The van der Waals surface area contributed by atoms with Crippen LogP contribution in [0.1, 0.15) is 30.0 Å². The molecule has 0 fully saturated rings. The first-order valence-electron chi connectivity index (χ1n) is 6.64. The number of hydrogen-bond acceptors (Lipinski definition) is 1. The van der Waals surface area contributed by atoms with Crippen LogP contribution in [-0.2, 0) is 6.42 Å². The third-order valence-electron chi connectivity index (χ3n) is 3.69. The summed E-state index contributed by atoms with van der Waals surface area (Å²) in [7, 11) is 0. The molecule has 4 heteroatoms. The number of aryl methyl sites for hydroxylation is 1. The van der Waals surface area contributed by atoms with Crippen molar-refractivity contribution < 1.29 is 8.78 Å². The Balaban J connectivity index is 1.94. The molecule has 1 atom stereocenters. The summed E-state index contributed by atoms with van der Waals surface area (Å²) in [5, 5.41) is 3.21. The second-order valence-electron chi connectivity index (χ2n) is 5.03. The summed E-state index contributed by atoms with van der Waals surface area (Å²) >= 11 is 3.22. The molecule has 1 aliphatic rings. The molecule has 0 bridgehead atoms. The maximum Gasteiger partial charge on any atom is 0.150 e. The van der Waals surface area contributed by atoms with E-state index in [1.165, 1.54) is 17.2 Å². The monoisotopic (exact) mass is 337 g/mol. The lowest BCUT2D eigenvalue weighted by molar-refractivity contribution is 0.569. The maximum absolute atomic E-state index is 13.9. The molecule has 0 amide bonds. The van der Waals surface area contributed by atoms with Gasteiger partial charge in [0, 0.05) is 10.5 Å². The van der Waals surface area contributed by atoms with Gasteiger partial charge in [0.2, 0.25) is 0 Å². The minimum Gasteiger partial charge on any atom is -0.375 e. The molecular weight excluding hydrogens is 324 g/mol. The zero-order valence-electron chi connectivity index (χ0n) is 10.8. The number of rotatable bonds is 2. The minimum atomic E-state index is -0.580. The van der Waals surface area contributed by atoms with Gasteiger partial charge < -0.3 is 5.32 Å². The van der Waals surface area contributed by atoms with Crippen LogP contribution in [0.25, 0.3) is 0 Å². The van der Waals surface area contributed by atoms with Crippen molar-refractivity contribution in [3.05, 3.63) is 63.6 Å². The van der Waals surface area contributed by atoms with Crippen LogP contribution in [0.15, 0.2) is 40.9 Å². The Morgan fingerprint density at radius 1 is 1.15 bits per heavy atom. The third kappa shape index (κ3) is 2.57. The van der Waals surface area contributed by atoms with Crippen LogP contribution in [0, 0.1) is 11.6 Å². The minimum absolute atomic E-state index is 0.0659. The molecule has 3 rings (SSSR count). The Labute approximate surface area is 125 Å². The maximum atomic E-state index is 13.9. The molecule has 0 saturated heterocycles. The Morgan fingerprint density at radius 2 is 1.95 bits per heavy atom. The molecule has 0 spiro atoms. The van der Waals surface area contributed by atoms with E-state index in [9.17, 15) is 8.78 Å². The highest BCUT2D eigenvalue weighted by atomic mass is 79.9. The first-order valence-corrected chi connectivity index (χ1v) is 7.43. The fraction of sp³-hybridized carbons (Fsp3) is 0.250. The largest absolute Gasteiger partial charge is 0.375 e. The highest BCUT2D eigenvalue weighted by Gasteiger charge is 2.21. The fourth-order valence-corrected chi connectivity index (χ4v) is 3.28.